The number of esters is 1. The van der Waals surface area contributed by atoms with E-state index in [0.717, 1.165) is 6.42 Å². The molecule has 12 nitrogen and oxygen atoms in total. The Labute approximate surface area is 293 Å². The molecule has 1 aromatic carbocycles. The van der Waals surface area contributed by atoms with Gasteiger partial charge in [-0.1, -0.05) is 13.8 Å². The van der Waals surface area contributed by atoms with Gasteiger partial charge < -0.3 is 49.6 Å². The predicted molar refractivity (Wildman–Crippen MR) is 176 cm³/mol. The van der Waals surface area contributed by atoms with Gasteiger partial charge in [0.1, 0.15) is 22.4 Å². The monoisotopic (exact) mass is 709 g/mol. The van der Waals surface area contributed by atoms with E-state index in [1.807, 2.05) is 6.92 Å². The maximum Gasteiger partial charge on any atom is 0.338 e. The van der Waals surface area contributed by atoms with Gasteiger partial charge in [0, 0.05) is 55.1 Å². The molecule has 0 amide bonds. The molecule has 49 heavy (non-hydrogen) atoms. The number of aliphatic hydroxyl groups is 6. The zero-order valence-corrected chi connectivity index (χ0v) is 29.7. The second kappa shape index (κ2) is 10.9. The van der Waals surface area contributed by atoms with E-state index in [9.17, 15) is 35.4 Å². The number of carbonyl (C=O) groups excluding carboxylic acids is 1. The molecule has 0 unspecified atom stereocenters. The number of ether oxygens (including phenoxy) is 4. The summed E-state index contributed by atoms with van der Waals surface area (Å²) in [7, 11) is 2.97. The Kier molecular flexibility index (Phi) is 7.93. The number of halogens is 1. The highest BCUT2D eigenvalue weighted by molar-refractivity contribution is 5.90. The number of rotatable bonds is 4. The molecule has 14 atom stereocenters. The fourth-order valence-electron chi connectivity index (χ4n) is 12.6. The normalized spacial score (nSPS) is 52.5. The molecule has 4 saturated carbocycles. The predicted octanol–water partition coefficient (Wildman–Crippen LogP) is 1.78. The molecule has 7 fully saturated rings. The quantitative estimate of drug-likeness (QED) is 0.250. The average molecular weight is 710 g/mol. The van der Waals surface area contributed by atoms with Crippen LogP contribution in [0.3, 0.4) is 0 Å². The number of methoxy groups -OCH3 is 2. The molecule has 274 valence electrons. The second-order valence-electron chi connectivity index (χ2n) is 16.8. The molecular weight excluding hydrogens is 658 g/mol. The third kappa shape index (κ3) is 4.07. The Hall–Kier alpha value is -1.74. The van der Waals surface area contributed by atoms with Gasteiger partial charge in [-0.25, -0.2) is 4.79 Å². The van der Waals surface area contributed by atoms with Crippen molar-refractivity contribution in [2.24, 2.45) is 29.1 Å². The van der Waals surface area contributed by atoms with Crippen LogP contribution in [0.15, 0.2) is 18.2 Å². The summed E-state index contributed by atoms with van der Waals surface area (Å²) in [5.41, 5.74) is -9.44. The third-order valence-corrected chi connectivity index (χ3v) is 14.9. The molecule has 1 spiro atoms. The SMILES string of the molecule is COc1ccc(C(=O)O[C@H]2CC[C@@]3(C)[C@@H]4CC[C@H]5[C@]6(O)C[C@H](O)[C@@]7(O)[C@@H](CN8C[C@@H](C)CC[C@H]8[C@@]7(C)O)[C@]6(O)C[C@]53O[C@]24O)cc1OC.Cl. The Morgan fingerprint density at radius 3 is 2.29 bits per heavy atom. The summed E-state index contributed by atoms with van der Waals surface area (Å²) in [5.74, 6) is -3.63. The second-order valence-corrected chi connectivity index (χ2v) is 16.8. The zero-order valence-electron chi connectivity index (χ0n) is 28.9. The highest BCUT2D eigenvalue weighted by atomic mass is 35.5. The van der Waals surface area contributed by atoms with Gasteiger partial charge in [-0.2, -0.15) is 0 Å². The molecule has 3 saturated heterocycles. The van der Waals surface area contributed by atoms with Gasteiger partial charge in [0.25, 0.3) is 0 Å². The van der Waals surface area contributed by atoms with Crippen molar-refractivity contribution in [1.29, 1.82) is 0 Å². The smallest absolute Gasteiger partial charge is 0.338 e. The first-order chi connectivity index (χ1) is 22.5. The summed E-state index contributed by atoms with van der Waals surface area (Å²) in [4.78, 5) is 15.6. The first kappa shape index (κ1) is 35.7. The van der Waals surface area contributed by atoms with E-state index in [0.29, 0.717) is 56.1 Å². The molecule has 4 aliphatic carbocycles. The van der Waals surface area contributed by atoms with E-state index in [1.165, 1.54) is 20.3 Å². The Bertz CT molecular complexity index is 1530. The number of aliphatic hydroxyl groups excluding tert-OH is 1. The highest BCUT2D eigenvalue weighted by Gasteiger charge is 2.88. The van der Waals surface area contributed by atoms with Crippen molar-refractivity contribution in [3.8, 4) is 11.5 Å². The van der Waals surface area contributed by atoms with Crippen LogP contribution in [-0.4, -0.2) is 121 Å². The summed E-state index contributed by atoms with van der Waals surface area (Å²) in [6.45, 7) is 6.57. The lowest BCUT2D eigenvalue weighted by atomic mass is 9.49. The van der Waals surface area contributed by atoms with Crippen molar-refractivity contribution in [1.82, 2.24) is 4.90 Å². The summed E-state index contributed by atoms with van der Waals surface area (Å²) < 4.78 is 23.5. The zero-order chi connectivity index (χ0) is 34.4. The standard InChI is InChI=1S/C36H51NO11.ClH/c1-19-6-11-26-31(3,40)35(43)25(17-37(26)16-19)33(42)18-34-24(32(33,41)15-27(35)38)10-9-23-30(34,2)13-12-28(36(23,44)48-34)47-29(39)20-7-8-21(45-4)22(14-20)46-5;/h7-8,14,19,23-28,38,40-44H,6,9-13,15-18H2,1-5H3;1H/t19-,23-,24-,25-,26-,27-,28-,30-,31+,32+,33+,34-,35-,36-;/m0./s1. The molecule has 3 aliphatic heterocycles. The van der Waals surface area contributed by atoms with Gasteiger partial charge in [0.15, 0.2) is 17.6 Å². The first-order valence-corrected chi connectivity index (χ1v) is 17.6. The average Bonchev–Trinajstić information content (AvgIpc) is 3.21. The van der Waals surface area contributed by atoms with Crippen LogP contribution >= 0.6 is 12.4 Å². The van der Waals surface area contributed by atoms with E-state index >= 15 is 0 Å². The number of carbonyl (C=O) groups is 1. The topological polar surface area (TPSA) is 179 Å². The van der Waals surface area contributed by atoms with E-state index in [2.05, 4.69) is 11.8 Å². The lowest BCUT2D eigenvalue weighted by Crippen LogP contribution is -2.85. The molecule has 6 N–H and O–H groups in total. The van der Waals surface area contributed by atoms with Gasteiger partial charge in [-0.3, -0.25) is 4.90 Å². The number of piperidine rings is 2. The molecular formula is C36H52ClNO11. The number of hydrogen-bond donors (Lipinski definition) is 6. The van der Waals surface area contributed by atoms with E-state index < -0.39 is 81.2 Å². The fourth-order valence-corrected chi connectivity index (χ4v) is 12.6. The largest absolute Gasteiger partial charge is 0.493 e. The van der Waals surface area contributed by atoms with Crippen LogP contribution < -0.4 is 9.47 Å². The summed E-state index contributed by atoms with van der Waals surface area (Å²) >= 11 is 0. The van der Waals surface area contributed by atoms with Crippen molar-refractivity contribution >= 4 is 18.4 Å². The molecule has 13 heteroatoms. The van der Waals surface area contributed by atoms with Crippen LogP contribution in [0.25, 0.3) is 0 Å². The molecule has 1 aromatic rings. The number of benzene rings is 1. The Morgan fingerprint density at radius 2 is 1.59 bits per heavy atom. The van der Waals surface area contributed by atoms with Crippen LogP contribution in [0.4, 0.5) is 0 Å². The highest BCUT2D eigenvalue weighted by Crippen LogP contribution is 2.78. The van der Waals surface area contributed by atoms with Crippen LogP contribution in [0.1, 0.15) is 82.5 Å². The maximum atomic E-state index is 13.5. The van der Waals surface area contributed by atoms with Gasteiger partial charge in [-0.05, 0) is 69.6 Å². The fraction of sp³-hybridized carbons (Fsp3) is 0.806. The van der Waals surface area contributed by atoms with Gasteiger partial charge in [-0.15, -0.1) is 12.4 Å². The van der Waals surface area contributed by atoms with Crippen LogP contribution in [-0.2, 0) is 9.47 Å². The molecule has 0 radical (unpaired) electrons. The first-order valence-electron chi connectivity index (χ1n) is 17.6. The number of nitrogens with zero attached hydrogens (tertiary/aromatic N) is 1. The van der Waals surface area contributed by atoms with Crippen LogP contribution in [0.2, 0.25) is 0 Å². The summed E-state index contributed by atoms with van der Waals surface area (Å²) in [5, 5.41) is 74.7. The van der Waals surface area contributed by atoms with E-state index in [-0.39, 0.29) is 37.4 Å². The Balaban J connectivity index is 0.00000378. The van der Waals surface area contributed by atoms with Gasteiger partial charge >= 0.3 is 5.97 Å². The lowest BCUT2D eigenvalue weighted by molar-refractivity contribution is -0.354. The van der Waals surface area contributed by atoms with Gasteiger partial charge in [0.2, 0.25) is 5.79 Å². The summed E-state index contributed by atoms with van der Waals surface area (Å²) in [6, 6.07) is 4.28. The number of fused-ring (bicyclic) bond motifs is 5. The lowest BCUT2D eigenvalue weighted by Gasteiger charge is -2.68. The van der Waals surface area contributed by atoms with Crippen molar-refractivity contribution in [2.45, 2.75) is 124 Å². The maximum absolute atomic E-state index is 13.5. The minimum absolute atomic E-state index is 0. The van der Waals surface area contributed by atoms with Crippen LogP contribution in [0.5, 0.6) is 11.5 Å². The van der Waals surface area contributed by atoms with E-state index in [1.54, 1.807) is 19.1 Å². The molecule has 4 bridgehead atoms. The van der Waals surface area contributed by atoms with Crippen molar-refractivity contribution in [2.75, 3.05) is 27.3 Å². The van der Waals surface area contributed by atoms with Gasteiger partial charge in [0.05, 0.1) is 31.5 Å². The van der Waals surface area contributed by atoms with Crippen LogP contribution in [0, 0.1) is 29.1 Å². The van der Waals surface area contributed by atoms with Crippen molar-refractivity contribution < 1.29 is 54.4 Å². The molecule has 8 rings (SSSR count). The number of hydrogen-bond acceptors (Lipinski definition) is 12. The van der Waals surface area contributed by atoms with Crippen molar-refractivity contribution in [3.63, 3.8) is 0 Å². The molecule has 0 aromatic heterocycles. The third-order valence-electron chi connectivity index (χ3n) is 14.9. The van der Waals surface area contributed by atoms with Crippen molar-refractivity contribution in [3.05, 3.63) is 23.8 Å². The molecule has 3 heterocycles. The molecule has 7 aliphatic rings. The Morgan fingerprint density at radius 1 is 0.898 bits per heavy atom. The minimum atomic E-state index is -2.10. The summed E-state index contributed by atoms with van der Waals surface area (Å²) in [6.07, 6.45) is 0.172. The minimum Gasteiger partial charge on any atom is -0.493 e. The van der Waals surface area contributed by atoms with E-state index in [4.69, 9.17) is 18.9 Å².